The van der Waals surface area contributed by atoms with Crippen molar-refractivity contribution in [2.75, 3.05) is 6.54 Å². The van der Waals surface area contributed by atoms with Gasteiger partial charge in [-0.1, -0.05) is 25.2 Å². The molecule has 3 N–H and O–H groups in total. The van der Waals surface area contributed by atoms with Gasteiger partial charge in [0.1, 0.15) is 11.2 Å². The number of nitrogens with one attached hydrogen (secondary N) is 3. The second kappa shape index (κ2) is 10.5. The van der Waals surface area contributed by atoms with E-state index >= 15 is 0 Å². The highest BCUT2D eigenvalue weighted by Crippen LogP contribution is 2.33. The van der Waals surface area contributed by atoms with E-state index in [2.05, 4.69) is 68.6 Å². The summed E-state index contributed by atoms with van der Waals surface area (Å²) in [5.41, 5.74) is 10.8. The van der Waals surface area contributed by atoms with Crippen molar-refractivity contribution >= 4 is 16.6 Å². The minimum Gasteiger partial charge on any atom is -0.357 e. The second-order valence-electron chi connectivity index (χ2n) is 8.59. The molecule has 0 saturated heterocycles. The Morgan fingerprint density at radius 1 is 1.06 bits per heavy atom. The molecule has 0 amide bonds. The Bertz CT molecular complexity index is 1540. The van der Waals surface area contributed by atoms with Crippen molar-refractivity contribution in [3.8, 4) is 22.6 Å². The lowest BCUT2D eigenvalue weighted by Gasteiger charge is -2.06. The summed E-state index contributed by atoms with van der Waals surface area (Å²) in [6.45, 7) is 7.88. The van der Waals surface area contributed by atoms with Crippen molar-refractivity contribution in [2.24, 2.45) is 0 Å². The van der Waals surface area contributed by atoms with Crippen LogP contribution >= 0.6 is 0 Å². The van der Waals surface area contributed by atoms with Gasteiger partial charge in [0.05, 0.1) is 16.9 Å². The Hall–Kier alpha value is -4.36. The minimum absolute atomic E-state index is 0.779. The van der Waals surface area contributed by atoms with E-state index in [0.717, 1.165) is 74.7 Å². The van der Waals surface area contributed by atoms with Crippen LogP contribution in [0, 0.1) is 6.92 Å². The lowest BCUT2D eigenvalue weighted by molar-refractivity contribution is 0.724. The van der Waals surface area contributed by atoms with Crippen LogP contribution in [0.5, 0.6) is 0 Å². The molecular formula is C29H29N7. The van der Waals surface area contributed by atoms with Gasteiger partial charge < -0.3 is 10.3 Å². The zero-order valence-corrected chi connectivity index (χ0v) is 20.7. The van der Waals surface area contributed by atoms with Crippen LogP contribution in [0.3, 0.4) is 0 Å². The molecule has 0 atom stereocenters. The maximum atomic E-state index is 4.99. The highest BCUT2D eigenvalue weighted by molar-refractivity contribution is 5.92. The number of fused-ring (bicyclic) bond motifs is 1. The van der Waals surface area contributed by atoms with Gasteiger partial charge in [-0.15, -0.1) is 0 Å². The molecule has 5 rings (SSSR count). The number of hydrogen-bond acceptors (Lipinski definition) is 5. The van der Waals surface area contributed by atoms with E-state index in [4.69, 9.17) is 4.98 Å². The predicted molar refractivity (Wildman–Crippen MR) is 145 cm³/mol. The van der Waals surface area contributed by atoms with E-state index < -0.39 is 0 Å². The lowest BCUT2D eigenvalue weighted by atomic mass is 9.98. The van der Waals surface area contributed by atoms with E-state index in [0.29, 0.717) is 0 Å². The number of aromatic amines is 2. The molecule has 0 saturated carbocycles. The standard InChI is InChI=1S/C29H29N7/c1-4-6-7-23(21-10-12-31-13-11-21)24-15-27(33-19(24)3)29-28-26(35-36-29)9-8-25(34-28)22-14-20(16-30-5-2)17-32-18-22/h4,6-15,17-18,30,33H,5,16H2,1-3H3,(H,35,36)/b6-4-,23-7-. The number of rotatable bonds is 8. The fraction of sp³-hybridized carbons (Fsp3) is 0.172. The third-order valence-corrected chi connectivity index (χ3v) is 6.08. The summed E-state index contributed by atoms with van der Waals surface area (Å²) in [6, 6.07) is 12.4. The summed E-state index contributed by atoms with van der Waals surface area (Å²) in [7, 11) is 0. The van der Waals surface area contributed by atoms with Gasteiger partial charge in [-0.25, -0.2) is 4.98 Å². The van der Waals surface area contributed by atoms with Crippen LogP contribution in [-0.2, 0) is 6.54 Å². The normalized spacial score (nSPS) is 12.1. The average Bonchev–Trinajstić information content (AvgIpc) is 3.51. The van der Waals surface area contributed by atoms with Gasteiger partial charge in [-0.2, -0.15) is 5.10 Å². The smallest absolute Gasteiger partial charge is 0.135 e. The van der Waals surface area contributed by atoms with Crippen LogP contribution in [-0.4, -0.2) is 36.7 Å². The molecule has 5 heterocycles. The number of H-pyrrole nitrogens is 2. The van der Waals surface area contributed by atoms with Crippen molar-refractivity contribution in [2.45, 2.75) is 27.3 Å². The molecule has 0 fully saturated rings. The van der Waals surface area contributed by atoms with Crippen molar-refractivity contribution in [1.29, 1.82) is 0 Å². The van der Waals surface area contributed by atoms with Gasteiger partial charge in [0.15, 0.2) is 0 Å². The number of pyridine rings is 3. The van der Waals surface area contributed by atoms with E-state index in [9.17, 15) is 0 Å². The summed E-state index contributed by atoms with van der Waals surface area (Å²) in [4.78, 5) is 17.1. The van der Waals surface area contributed by atoms with Gasteiger partial charge in [-0.3, -0.25) is 15.1 Å². The summed E-state index contributed by atoms with van der Waals surface area (Å²) in [5.74, 6) is 0. The third-order valence-electron chi connectivity index (χ3n) is 6.08. The molecule has 7 heteroatoms. The fourth-order valence-corrected chi connectivity index (χ4v) is 4.27. The summed E-state index contributed by atoms with van der Waals surface area (Å²) in [6.07, 6.45) is 13.6. The summed E-state index contributed by atoms with van der Waals surface area (Å²) < 4.78 is 0. The molecule has 0 aliphatic carbocycles. The first-order valence-electron chi connectivity index (χ1n) is 12.1. The van der Waals surface area contributed by atoms with Gasteiger partial charge in [0.25, 0.3) is 0 Å². The Morgan fingerprint density at radius 2 is 1.92 bits per heavy atom. The van der Waals surface area contributed by atoms with Gasteiger partial charge in [0, 0.05) is 48.2 Å². The van der Waals surface area contributed by atoms with Crippen molar-refractivity contribution < 1.29 is 0 Å². The maximum Gasteiger partial charge on any atom is 0.135 e. The van der Waals surface area contributed by atoms with Gasteiger partial charge in [-0.05, 0) is 73.5 Å². The van der Waals surface area contributed by atoms with Crippen LogP contribution < -0.4 is 5.32 Å². The van der Waals surface area contributed by atoms with Crippen LogP contribution in [0.15, 0.2) is 79.4 Å². The summed E-state index contributed by atoms with van der Waals surface area (Å²) in [5, 5.41) is 11.1. The highest BCUT2D eigenvalue weighted by Gasteiger charge is 2.17. The van der Waals surface area contributed by atoms with E-state index in [1.165, 1.54) is 0 Å². The number of aromatic nitrogens is 6. The van der Waals surface area contributed by atoms with E-state index in [-0.39, 0.29) is 0 Å². The third kappa shape index (κ3) is 4.74. The molecule has 5 aromatic heterocycles. The Balaban J connectivity index is 1.56. The number of aryl methyl sites for hydroxylation is 1. The molecule has 180 valence electrons. The molecule has 0 aliphatic rings. The average molecular weight is 476 g/mol. The SMILES string of the molecule is C/C=C\C=C(\c1ccncc1)c1cc(-c2n[nH]c3ccc(-c4cncc(CNCC)c4)nc23)[nH]c1C. The number of allylic oxidation sites excluding steroid dienone is 3. The highest BCUT2D eigenvalue weighted by atomic mass is 15.1. The molecule has 7 nitrogen and oxygen atoms in total. The Morgan fingerprint density at radius 3 is 2.72 bits per heavy atom. The summed E-state index contributed by atoms with van der Waals surface area (Å²) >= 11 is 0. The monoisotopic (exact) mass is 475 g/mol. The lowest BCUT2D eigenvalue weighted by Crippen LogP contribution is -2.11. The van der Waals surface area contributed by atoms with Crippen LogP contribution in [0.25, 0.3) is 39.3 Å². The largest absolute Gasteiger partial charge is 0.357 e. The fourth-order valence-electron chi connectivity index (χ4n) is 4.27. The molecular weight excluding hydrogens is 446 g/mol. The molecule has 0 aliphatic heterocycles. The maximum absolute atomic E-state index is 4.99. The zero-order valence-electron chi connectivity index (χ0n) is 20.7. The molecule has 0 bridgehead atoms. The molecule has 0 unspecified atom stereocenters. The molecule has 0 aromatic carbocycles. The minimum atomic E-state index is 0.779. The predicted octanol–water partition coefficient (Wildman–Crippen LogP) is 5.84. The molecule has 0 spiro atoms. The van der Waals surface area contributed by atoms with Crippen LogP contribution in [0.1, 0.15) is 36.2 Å². The van der Waals surface area contributed by atoms with Crippen LogP contribution in [0.2, 0.25) is 0 Å². The zero-order chi connectivity index (χ0) is 24.9. The Labute approximate surface area is 210 Å². The van der Waals surface area contributed by atoms with Gasteiger partial charge >= 0.3 is 0 Å². The van der Waals surface area contributed by atoms with E-state index in [1.54, 1.807) is 0 Å². The topological polar surface area (TPSA) is 95.2 Å². The number of hydrogen-bond donors (Lipinski definition) is 3. The molecule has 5 aromatic rings. The molecule has 0 radical (unpaired) electrons. The van der Waals surface area contributed by atoms with E-state index in [1.807, 2.05) is 62.1 Å². The van der Waals surface area contributed by atoms with Crippen LogP contribution in [0.4, 0.5) is 0 Å². The first kappa shape index (κ1) is 23.4. The Kier molecular flexibility index (Phi) is 6.82. The second-order valence-corrected chi connectivity index (χ2v) is 8.59. The molecule has 36 heavy (non-hydrogen) atoms. The van der Waals surface area contributed by atoms with Gasteiger partial charge in [0.2, 0.25) is 0 Å². The first-order valence-corrected chi connectivity index (χ1v) is 12.1. The quantitative estimate of drug-likeness (QED) is 0.245. The number of nitrogens with zero attached hydrogens (tertiary/aromatic N) is 4. The first-order chi connectivity index (χ1) is 17.7. The van der Waals surface area contributed by atoms with Crippen molar-refractivity contribution in [3.63, 3.8) is 0 Å². The van der Waals surface area contributed by atoms with Crippen molar-refractivity contribution in [3.05, 3.63) is 102 Å². The van der Waals surface area contributed by atoms with Crippen molar-refractivity contribution in [1.82, 2.24) is 35.5 Å².